The third kappa shape index (κ3) is 4.69. The van der Waals surface area contributed by atoms with E-state index < -0.39 is 23.7 Å². The number of hydrogen-bond donors (Lipinski definition) is 2. The SMILES string of the molecule is COc1ccc(C(O)CNCc2ccc(F)cc2C(F)(F)F)cc1. The van der Waals surface area contributed by atoms with Crippen molar-refractivity contribution in [2.45, 2.75) is 18.8 Å². The van der Waals surface area contributed by atoms with Crippen LogP contribution in [0.3, 0.4) is 0 Å². The van der Waals surface area contributed by atoms with Crippen molar-refractivity contribution in [1.29, 1.82) is 0 Å². The van der Waals surface area contributed by atoms with E-state index >= 15 is 0 Å². The van der Waals surface area contributed by atoms with Crippen molar-refractivity contribution in [3.63, 3.8) is 0 Å². The number of nitrogens with one attached hydrogen (secondary N) is 1. The summed E-state index contributed by atoms with van der Waals surface area (Å²) in [7, 11) is 1.52. The summed E-state index contributed by atoms with van der Waals surface area (Å²) in [4.78, 5) is 0. The lowest BCUT2D eigenvalue weighted by Gasteiger charge is -2.16. The van der Waals surface area contributed by atoms with Crippen molar-refractivity contribution in [1.82, 2.24) is 5.32 Å². The fourth-order valence-corrected chi connectivity index (χ4v) is 2.25. The highest BCUT2D eigenvalue weighted by Crippen LogP contribution is 2.32. The smallest absolute Gasteiger partial charge is 0.416 e. The minimum atomic E-state index is -4.63. The molecule has 1 atom stereocenters. The molecule has 0 amide bonds. The van der Waals surface area contributed by atoms with E-state index in [4.69, 9.17) is 4.74 Å². The molecule has 0 saturated heterocycles. The van der Waals surface area contributed by atoms with Gasteiger partial charge in [-0.3, -0.25) is 0 Å². The number of halogens is 4. The molecule has 0 saturated carbocycles. The number of ether oxygens (including phenoxy) is 1. The van der Waals surface area contributed by atoms with Crippen LogP contribution in [0.25, 0.3) is 0 Å². The zero-order valence-electron chi connectivity index (χ0n) is 12.9. The highest BCUT2D eigenvalue weighted by molar-refractivity contribution is 5.31. The molecule has 2 aromatic rings. The highest BCUT2D eigenvalue weighted by atomic mass is 19.4. The van der Waals surface area contributed by atoms with E-state index in [1.165, 1.54) is 7.11 Å². The van der Waals surface area contributed by atoms with Crippen molar-refractivity contribution >= 4 is 0 Å². The molecule has 0 aromatic heterocycles. The Morgan fingerprint density at radius 2 is 1.79 bits per heavy atom. The first kappa shape index (κ1) is 18.2. The second-order valence-electron chi connectivity index (χ2n) is 5.22. The lowest BCUT2D eigenvalue weighted by atomic mass is 10.1. The molecule has 0 fully saturated rings. The Balaban J connectivity index is 1.98. The molecule has 1 unspecified atom stereocenters. The lowest BCUT2D eigenvalue weighted by Crippen LogP contribution is -2.23. The molecule has 2 rings (SSSR count). The third-order valence-electron chi connectivity index (χ3n) is 3.53. The normalized spacial score (nSPS) is 12.9. The van der Waals surface area contributed by atoms with Crippen LogP contribution in [0.5, 0.6) is 5.75 Å². The predicted molar refractivity (Wildman–Crippen MR) is 81.1 cm³/mol. The number of hydrogen-bond acceptors (Lipinski definition) is 3. The molecule has 0 heterocycles. The minimum Gasteiger partial charge on any atom is -0.497 e. The maximum Gasteiger partial charge on any atom is 0.416 e. The van der Waals surface area contributed by atoms with Gasteiger partial charge in [0.1, 0.15) is 11.6 Å². The van der Waals surface area contributed by atoms with Gasteiger partial charge in [-0.1, -0.05) is 18.2 Å². The van der Waals surface area contributed by atoms with Crippen molar-refractivity contribution in [3.05, 3.63) is 65.0 Å². The molecule has 0 aliphatic carbocycles. The first-order valence-corrected chi connectivity index (χ1v) is 7.19. The van der Waals surface area contributed by atoms with Gasteiger partial charge in [0.2, 0.25) is 0 Å². The van der Waals surface area contributed by atoms with Crippen LogP contribution < -0.4 is 10.1 Å². The van der Waals surface area contributed by atoms with Gasteiger partial charge >= 0.3 is 6.18 Å². The van der Waals surface area contributed by atoms with Crippen LogP contribution in [-0.2, 0) is 12.7 Å². The van der Waals surface area contributed by atoms with Gasteiger partial charge < -0.3 is 15.2 Å². The molecule has 7 heteroatoms. The van der Waals surface area contributed by atoms with Crippen LogP contribution in [0, 0.1) is 5.82 Å². The van der Waals surface area contributed by atoms with Gasteiger partial charge in [0, 0.05) is 13.1 Å². The lowest BCUT2D eigenvalue weighted by molar-refractivity contribution is -0.138. The summed E-state index contributed by atoms with van der Waals surface area (Å²) < 4.78 is 56.7. The quantitative estimate of drug-likeness (QED) is 0.787. The maximum absolute atomic E-state index is 13.0. The Morgan fingerprint density at radius 3 is 2.38 bits per heavy atom. The van der Waals surface area contributed by atoms with E-state index in [0.717, 1.165) is 12.1 Å². The largest absolute Gasteiger partial charge is 0.497 e. The van der Waals surface area contributed by atoms with E-state index in [2.05, 4.69) is 5.32 Å². The van der Waals surface area contributed by atoms with Gasteiger partial charge in [0.05, 0.1) is 18.8 Å². The number of aliphatic hydroxyl groups excluding tert-OH is 1. The number of benzene rings is 2. The number of alkyl halides is 3. The molecule has 24 heavy (non-hydrogen) atoms. The summed E-state index contributed by atoms with van der Waals surface area (Å²) in [5.74, 6) is -0.301. The average Bonchev–Trinajstić information content (AvgIpc) is 2.55. The maximum atomic E-state index is 13.0. The molecule has 0 spiro atoms. The van der Waals surface area contributed by atoms with Crippen LogP contribution in [0.4, 0.5) is 17.6 Å². The van der Waals surface area contributed by atoms with Gasteiger partial charge in [-0.05, 0) is 35.4 Å². The molecule has 0 aliphatic rings. The zero-order valence-corrected chi connectivity index (χ0v) is 12.9. The molecule has 2 N–H and O–H groups in total. The van der Waals surface area contributed by atoms with Crippen LogP contribution in [0.15, 0.2) is 42.5 Å². The Bertz CT molecular complexity index is 671. The third-order valence-corrected chi connectivity index (χ3v) is 3.53. The first-order chi connectivity index (χ1) is 11.3. The second kappa shape index (κ2) is 7.63. The Kier molecular flexibility index (Phi) is 5.80. The molecule has 0 radical (unpaired) electrons. The van der Waals surface area contributed by atoms with Crippen LogP contribution in [-0.4, -0.2) is 18.8 Å². The van der Waals surface area contributed by atoms with Gasteiger partial charge in [0.25, 0.3) is 0 Å². The minimum absolute atomic E-state index is 0.0565. The Morgan fingerprint density at radius 1 is 1.12 bits per heavy atom. The average molecular weight is 343 g/mol. The monoisotopic (exact) mass is 343 g/mol. The number of methoxy groups -OCH3 is 1. The van der Waals surface area contributed by atoms with Crippen LogP contribution in [0.2, 0.25) is 0 Å². The topological polar surface area (TPSA) is 41.5 Å². The van der Waals surface area contributed by atoms with Crippen molar-refractivity contribution < 1.29 is 27.4 Å². The van der Waals surface area contributed by atoms with Crippen molar-refractivity contribution in [3.8, 4) is 5.75 Å². The van der Waals surface area contributed by atoms with Gasteiger partial charge in [-0.25, -0.2) is 4.39 Å². The summed E-state index contributed by atoms with van der Waals surface area (Å²) in [6, 6.07) is 9.24. The summed E-state index contributed by atoms with van der Waals surface area (Å²) in [6.07, 6.45) is -5.51. The summed E-state index contributed by atoms with van der Waals surface area (Å²) in [5.41, 5.74) is -0.488. The summed E-state index contributed by atoms with van der Waals surface area (Å²) >= 11 is 0. The van der Waals surface area contributed by atoms with Crippen molar-refractivity contribution in [2.24, 2.45) is 0 Å². The fourth-order valence-electron chi connectivity index (χ4n) is 2.25. The van der Waals surface area contributed by atoms with Gasteiger partial charge in [-0.2, -0.15) is 13.2 Å². The second-order valence-corrected chi connectivity index (χ2v) is 5.22. The van der Waals surface area contributed by atoms with E-state index in [9.17, 15) is 22.7 Å². The van der Waals surface area contributed by atoms with E-state index in [0.29, 0.717) is 17.4 Å². The zero-order chi connectivity index (χ0) is 17.7. The fraction of sp³-hybridized carbons (Fsp3) is 0.294. The van der Waals surface area contributed by atoms with Gasteiger partial charge in [0.15, 0.2) is 0 Å². The molecule has 3 nitrogen and oxygen atoms in total. The Hall–Kier alpha value is -2.12. The van der Waals surface area contributed by atoms with Crippen LogP contribution >= 0.6 is 0 Å². The van der Waals surface area contributed by atoms with E-state index in [1.807, 2.05) is 0 Å². The molecule has 130 valence electrons. The van der Waals surface area contributed by atoms with Crippen LogP contribution in [0.1, 0.15) is 22.8 Å². The molecule has 0 aliphatic heterocycles. The summed E-state index contributed by atoms with van der Waals surface area (Å²) in [5, 5.41) is 12.8. The predicted octanol–water partition coefficient (Wildman–Crippen LogP) is 3.68. The molecular formula is C17H17F4NO2. The van der Waals surface area contributed by atoms with Gasteiger partial charge in [-0.15, -0.1) is 0 Å². The summed E-state index contributed by atoms with van der Waals surface area (Å²) in [6.45, 7) is -0.0800. The molecular weight excluding hydrogens is 326 g/mol. The number of rotatable bonds is 6. The standard InChI is InChI=1S/C17H17F4NO2/c1-24-14-6-3-11(4-7-14)16(23)10-22-9-12-2-5-13(18)8-15(12)17(19,20)21/h2-8,16,22-23H,9-10H2,1H3. The molecule has 0 bridgehead atoms. The first-order valence-electron chi connectivity index (χ1n) is 7.19. The van der Waals surface area contributed by atoms with E-state index in [1.54, 1.807) is 24.3 Å². The highest BCUT2D eigenvalue weighted by Gasteiger charge is 2.33. The molecule has 2 aromatic carbocycles. The number of aliphatic hydroxyl groups is 1. The van der Waals surface area contributed by atoms with E-state index in [-0.39, 0.29) is 18.7 Å². The Labute approximate surface area is 136 Å². The van der Waals surface area contributed by atoms with Crippen molar-refractivity contribution in [2.75, 3.05) is 13.7 Å².